The van der Waals surface area contributed by atoms with Gasteiger partial charge in [-0.2, -0.15) is 0 Å². The van der Waals surface area contributed by atoms with E-state index >= 15 is 0 Å². The number of alkyl halides is 1. The van der Waals surface area contributed by atoms with E-state index in [9.17, 15) is 0 Å². The predicted octanol–water partition coefficient (Wildman–Crippen LogP) is 4.69. The molecule has 1 fully saturated rings. The highest BCUT2D eigenvalue weighted by atomic mass is 35.5. The van der Waals surface area contributed by atoms with E-state index in [2.05, 4.69) is 37.9 Å². The molecule has 1 saturated carbocycles. The second-order valence-corrected chi connectivity index (χ2v) is 7.12. The van der Waals surface area contributed by atoms with E-state index in [1.54, 1.807) is 0 Å². The van der Waals surface area contributed by atoms with Crippen LogP contribution in [0.3, 0.4) is 0 Å². The van der Waals surface area contributed by atoms with E-state index in [0.29, 0.717) is 11.3 Å². The molecule has 1 aliphatic carbocycles. The van der Waals surface area contributed by atoms with Gasteiger partial charge in [0.05, 0.1) is 0 Å². The zero-order valence-corrected chi connectivity index (χ0v) is 12.5. The quantitative estimate of drug-likeness (QED) is 0.723. The third kappa shape index (κ3) is 3.26. The first-order valence-corrected chi connectivity index (χ1v) is 7.45. The number of aromatic nitrogens is 1. The minimum Gasteiger partial charge on any atom is -0.265 e. The van der Waals surface area contributed by atoms with Gasteiger partial charge < -0.3 is 0 Å². The molecule has 100 valence electrons. The van der Waals surface area contributed by atoms with Gasteiger partial charge in [-0.1, -0.05) is 27.2 Å². The van der Waals surface area contributed by atoms with Crippen LogP contribution < -0.4 is 0 Å². The molecule has 1 aromatic heterocycles. The van der Waals surface area contributed by atoms with Gasteiger partial charge in [-0.3, -0.25) is 4.98 Å². The second-order valence-electron chi connectivity index (χ2n) is 6.56. The minimum absolute atomic E-state index is 0.272. The van der Waals surface area contributed by atoms with Crippen molar-refractivity contribution >= 4 is 11.6 Å². The van der Waals surface area contributed by atoms with Crippen LogP contribution in [0.25, 0.3) is 0 Å². The van der Waals surface area contributed by atoms with E-state index < -0.39 is 0 Å². The maximum absolute atomic E-state index is 6.62. The topological polar surface area (TPSA) is 12.9 Å². The Morgan fingerprint density at radius 2 is 1.94 bits per heavy atom. The standard InChI is InChI=1S/C16H24ClN/c1-12-4-5-14(15(17)10-12)16(2,3)11-13-6-8-18-9-7-13/h6-9,12,14-15H,4-5,10-11H2,1-3H3. The van der Waals surface area contributed by atoms with E-state index in [0.717, 1.165) is 12.3 Å². The van der Waals surface area contributed by atoms with Crippen molar-refractivity contribution in [3.63, 3.8) is 0 Å². The molecule has 0 amide bonds. The highest BCUT2D eigenvalue weighted by Crippen LogP contribution is 2.44. The molecule has 0 N–H and O–H groups in total. The summed E-state index contributed by atoms with van der Waals surface area (Å²) < 4.78 is 0. The zero-order chi connectivity index (χ0) is 13.2. The first-order chi connectivity index (χ1) is 8.49. The van der Waals surface area contributed by atoms with E-state index in [1.807, 2.05) is 12.4 Å². The Hall–Kier alpha value is -0.560. The number of nitrogens with zero attached hydrogens (tertiary/aromatic N) is 1. The molecule has 3 atom stereocenters. The van der Waals surface area contributed by atoms with Crippen molar-refractivity contribution in [1.29, 1.82) is 0 Å². The summed E-state index contributed by atoms with van der Waals surface area (Å²) in [6, 6.07) is 4.24. The molecule has 1 heterocycles. The van der Waals surface area contributed by atoms with Gasteiger partial charge in [0.15, 0.2) is 0 Å². The van der Waals surface area contributed by atoms with Crippen molar-refractivity contribution in [2.45, 2.75) is 51.8 Å². The summed E-state index contributed by atoms with van der Waals surface area (Å²) >= 11 is 6.62. The van der Waals surface area contributed by atoms with Gasteiger partial charge in [-0.05, 0) is 54.2 Å². The SMILES string of the molecule is CC1CCC(C(C)(C)Cc2ccncc2)C(Cl)C1. The highest BCUT2D eigenvalue weighted by molar-refractivity contribution is 6.20. The normalized spacial score (nSPS) is 29.2. The summed E-state index contributed by atoms with van der Waals surface area (Å²) in [6.45, 7) is 7.05. The first kappa shape index (κ1) is 13.9. The largest absolute Gasteiger partial charge is 0.265 e. The Labute approximate surface area is 116 Å². The van der Waals surface area contributed by atoms with E-state index in [-0.39, 0.29) is 5.41 Å². The van der Waals surface area contributed by atoms with Gasteiger partial charge in [-0.15, -0.1) is 11.6 Å². The van der Waals surface area contributed by atoms with Crippen LogP contribution in [-0.2, 0) is 6.42 Å². The van der Waals surface area contributed by atoms with Crippen molar-refractivity contribution in [3.05, 3.63) is 30.1 Å². The second kappa shape index (κ2) is 5.61. The van der Waals surface area contributed by atoms with Crippen molar-refractivity contribution in [2.75, 3.05) is 0 Å². The Kier molecular flexibility index (Phi) is 4.32. The number of halogens is 1. The molecule has 2 rings (SSSR count). The number of hydrogen-bond donors (Lipinski definition) is 0. The summed E-state index contributed by atoms with van der Waals surface area (Å²) in [6.07, 6.45) is 8.63. The summed E-state index contributed by atoms with van der Waals surface area (Å²) in [7, 11) is 0. The van der Waals surface area contributed by atoms with Crippen LogP contribution >= 0.6 is 11.6 Å². The molecule has 18 heavy (non-hydrogen) atoms. The van der Waals surface area contributed by atoms with Crippen molar-refractivity contribution in [3.8, 4) is 0 Å². The van der Waals surface area contributed by atoms with Crippen LogP contribution in [0.15, 0.2) is 24.5 Å². The molecule has 0 bridgehead atoms. The molecule has 0 aromatic carbocycles. The molecule has 2 heteroatoms. The van der Waals surface area contributed by atoms with Gasteiger partial charge in [-0.25, -0.2) is 0 Å². The third-order valence-corrected chi connectivity index (χ3v) is 4.93. The molecule has 0 radical (unpaired) electrons. The van der Waals surface area contributed by atoms with Crippen molar-refractivity contribution < 1.29 is 0 Å². The van der Waals surface area contributed by atoms with E-state index in [1.165, 1.54) is 24.8 Å². The lowest BCUT2D eigenvalue weighted by Crippen LogP contribution is -2.37. The van der Waals surface area contributed by atoms with Crippen LogP contribution in [0.1, 0.15) is 45.6 Å². The van der Waals surface area contributed by atoms with Gasteiger partial charge in [0, 0.05) is 17.8 Å². The lowest BCUT2D eigenvalue weighted by atomic mass is 9.66. The molecule has 1 nitrogen and oxygen atoms in total. The van der Waals surface area contributed by atoms with Crippen LogP contribution in [0, 0.1) is 17.3 Å². The molecule has 1 aromatic rings. The van der Waals surface area contributed by atoms with Gasteiger partial charge >= 0.3 is 0 Å². The lowest BCUT2D eigenvalue weighted by molar-refractivity contribution is 0.142. The summed E-state index contributed by atoms with van der Waals surface area (Å²) in [5.41, 5.74) is 1.64. The number of rotatable bonds is 3. The predicted molar refractivity (Wildman–Crippen MR) is 77.9 cm³/mol. The van der Waals surface area contributed by atoms with Gasteiger partial charge in [0.2, 0.25) is 0 Å². The van der Waals surface area contributed by atoms with Crippen LogP contribution in [-0.4, -0.2) is 10.4 Å². The third-order valence-electron chi connectivity index (χ3n) is 4.45. The molecule has 0 spiro atoms. The van der Waals surface area contributed by atoms with Crippen LogP contribution in [0.5, 0.6) is 0 Å². The first-order valence-electron chi connectivity index (χ1n) is 7.02. The van der Waals surface area contributed by atoms with E-state index in [4.69, 9.17) is 11.6 Å². The fourth-order valence-corrected chi connectivity index (χ4v) is 4.12. The Bertz CT molecular complexity index is 374. The zero-order valence-electron chi connectivity index (χ0n) is 11.7. The van der Waals surface area contributed by atoms with Crippen molar-refractivity contribution in [1.82, 2.24) is 4.98 Å². The molecule has 0 saturated heterocycles. The highest BCUT2D eigenvalue weighted by Gasteiger charge is 2.37. The maximum atomic E-state index is 6.62. The van der Waals surface area contributed by atoms with Crippen molar-refractivity contribution in [2.24, 2.45) is 17.3 Å². The lowest BCUT2D eigenvalue weighted by Gasteiger charge is -2.42. The average Bonchev–Trinajstić information content (AvgIpc) is 2.29. The van der Waals surface area contributed by atoms with Crippen LogP contribution in [0.4, 0.5) is 0 Å². The summed E-state index contributed by atoms with van der Waals surface area (Å²) in [5, 5.41) is 0.339. The summed E-state index contributed by atoms with van der Waals surface area (Å²) in [5.74, 6) is 1.42. The van der Waals surface area contributed by atoms with Crippen LogP contribution in [0.2, 0.25) is 0 Å². The monoisotopic (exact) mass is 265 g/mol. The summed E-state index contributed by atoms with van der Waals surface area (Å²) in [4.78, 5) is 4.09. The van der Waals surface area contributed by atoms with Gasteiger partial charge in [0.1, 0.15) is 0 Å². The Balaban J connectivity index is 2.06. The molecular weight excluding hydrogens is 242 g/mol. The smallest absolute Gasteiger partial charge is 0.0372 e. The fraction of sp³-hybridized carbons (Fsp3) is 0.688. The molecule has 1 aliphatic rings. The fourth-order valence-electron chi connectivity index (χ4n) is 3.35. The maximum Gasteiger partial charge on any atom is 0.0372 e. The Morgan fingerprint density at radius 3 is 2.56 bits per heavy atom. The number of pyridine rings is 1. The molecule has 0 aliphatic heterocycles. The Morgan fingerprint density at radius 1 is 1.28 bits per heavy atom. The molecule has 3 unspecified atom stereocenters. The minimum atomic E-state index is 0.272. The average molecular weight is 266 g/mol. The number of hydrogen-bond acceptors (Lipinski definition) is 1. The molecular formula is C16H24ClN. The van der Waals surface area contributed by atoms with Gasteiger partial charge in [0.25, 0.3) is 0 Å².